The van der Waals surface area contributed by atoms with Gasteiger partial charge in [0, 0.05) is 20.8 Å². The van der Waals surface area contributed by atoms with Crippen LogP contribution in [-0.2, 0) is 0 Å². The van der Waals surface area contributed by atoms with Crippen LogP contribution in [0.1, 0.15) is 68.4 Å². The Balaban J connectivity index is 2.14. The highest BCUT2D eigenvalue weighted by molar-refractivity contribution is 8.00. The van der Waals surface area contributed by atoms with Crippen molar-refractivity contribution in [2.75, 3.05) is 0 Å². The second-order valence-electron chi connectivity index (χ2n) is 7.00. The molecule has 0 bridgehead atoms. The number of hydrogen-bond donors (Lipinski definition) is 0. The normalized spacial score (nSPS) is 12.9. The Morgan fingerprint density at radius 3 is 1.87 bits per heavy atom. The van der Waals surface area contributed by atoms with E-state index in [-0.39, 0.29) is 10.5 Å². The summed E-state index contributed by atoms with van der Waals surface area (Å²) in [6.45, 7) is 11.0. The van der Waals surface area contributed by atoms with Crippen molar-refractivity contribution in [3.63, 3.8) is 0 Å². The minimum Gasteiger partial charge on any atom is -0.289 e. The predicted molar refractivity (Wildman–Crippen MR) is 101 cm³/mol. The van der Waals surface area contributed by atoms with Crippen molar-refractivity contribution >= 4 is 17.5 Å². The van der Waals surface area contributed by atoms with E-state index in [0.29, 0.717) is 5.92 Å². The number of hydrogen-bond acceptors (Lipinski definition) is 2. The van der Waals surface area contributed by atoms with E-state index in [1.165, 1.54) is 10.5 Å². The summed E-state index contributed by atoms with van der Waals surface area (Å²) < 4.78 is 0.178. The van der Waals surface area contributed by atoms with E-state index >= 15 is 0 Å². The Kier molecular flexibility index (Phi) is 5.69. The van der Waals surface area contributed by atoms with Gasteiger partial charge in [-0.15, -0.1) is 11.8 Å². The van der Waals surface area contributed by atoms with Crippen molar-refractivity contribution in [2.24, 2.45) is 0 Å². The number of carbonyl (C=O) groups is 1. The van der Waals surface area contributed by atoms with E-state index in [9.17, 15) is 4.79 Å². The molecule has 0 saturated heterocycles. The minimum atomic E-state index is 0.0908. The van der Waals surface area contributed by atoms with Crippen LogP contribution in [0.2, 0.25) is 0 Å². The van der Waals surface area contributed by atoms with Crippen LogP contribution in [0.4, 0.5) is 0 Å². The number of benzene rings is 2. The lowest BCUT2D eigenvalue weighted by molar-refractivity contribution is 0.103. The quantitative estimate of drug-likeness (QED) is 0.472. The van der Waals surface area contributed by atoms with Gasteiger partial charge in [-0.05, 0) is 42.2 Å². The highest BCUT2D eigenvalue weighted by Gasteiger charge is 2.14. The van der Waals surface area contributed by atoms with Gasteiger partial charge in [-0.1, -0.05) is 58.9 Å². The molecule has 0 radical (unpaired) electrons. The molecule has 1 atom stereocenters. The zero-order valence-corrected chi connectivity index (χ0v) is 15.5. The van der Waals surface area contributed by atoms with E-state index in [1.54, 1.807) is 0 Å². The first kappa shape index (κ1) is 17.8. The lowest BCUT2D eigenvalue weighted by Crippen LogP contribution is -2.06. The van der Waals surface area contributed by atoms with Crippen molar-refractivity contribution in [1.82, 2.24) is 0 Å². The van der Waals surface area contributed by atoms with E-state index in [0.717, 1.165) is 17.5 Å². The van der Waals surface area contributed by atoms with Gasteiger partial charge >= 0.3 is 0 Å². The maximum absolute atomic E-state index is 12.6. The smallest absolute Gasteiger partial charge is 0.193 e. The molecule has 2 aromatic rings. The molecule has 2 aromatic carbocycles. The molecule has 0 aliphatic carbocycles. The molecular weight excluding hydrogens is 300 g/mol. The fraction of sp³-hybridized carbons (Fsp3) is 0.381. The highest BCUT2D eigenvalue weighted by Crippen LogP contribution is 2.32. The molecule has 0 aliphatic rings. The second-order valence-corrected chi connectivity index (χ2v) is 8.90. The van der Waals surface area contributed by atoms with E-state index < -0.39 is 0 Å². The van der Waals surface area contributed by atoms with Crippen molar-refractivity contribution in [2.45, 2.75) is 56.6 Å². The number of ketones is 1. The molecule has 1 unspecified atom stereocenters. The Labute approximate surface area is 144 Å². The van der Waals surface area contributed by atoms with Crippen molar-refractivity contribution < 1.29 is 4.79 Å². The van der Waals surface area contributed by atoms with Crippen LogP contribution in [0.15, 0.2) is 53.4 Å². The molecule has 122 valence electrons. The summed E-state index contributed by atoms with van der Waals surface area (Å²) in [6, 6.07) is 16.0. The lowest BCUT2D eigenvalue weighted by Gasteiger charge is -2.17. The maximum atomic E-state index is 12.6. The largest absolute Gasteiger partial charge is 0.289 e. The standard InChI is InChI=1S/C21H26OS/c1-6-15(2)16-7-9-17(10-8-16)20(22)18-11-13-19(14-12-18)23-21(3,4)5/h7-15H,6H2,1-5H3. The van der Waals surface area contributed by atoms with Crippen molar-refractivity contribution in [3.05, 3.63) is 65.2 Å². The maximum Gasteiger partial charge on any atom is 0.193 e. The third-order valence-electron chi connectivity index (χ3n) is 3.89. The van der Waals surface area contributed by atoms with Gasteiger partial charge in [-0.3, -0.25) is 4.79 Å². The van der Waals surface area contributed by atoms with Gasteiger partial charge in [0.15, 0.2) is 5.78 Å². The van der Waals surface area contributed by atoms with Gasteiger partial charge in [0.1, 0.15) is 0 Å². The third kappa shape index (κ3) is 4.97. The first-order valence-electron chi connectivity index (χ1n) is 8.24. The first-order chi connectivity index (χ1) is 10.8. The van der Waals surface area contributed by atoms with Crippen LogP contribution in [0.3, 0.4) is 0 Å². The summed E-state index contributed by atoms with van der Waals surface area (Å²) in [6.07, 6.45) is 1.11. The van der Waals surface area contributed by atoms with Crippen LogP contribution in [-0.4, -0.2) is 10.5 Å². The summed E-state index contributed by atoms with van der Waals surface area (Å²) in [5.74, 6) is 0.626. The number of thioether (sulfide) groups is 1. The monoisotopic (exact) mass is 326 g/mol. The highest BCUT2D eigenvalue weighted by atomic mass is 32.2. The molecule has 23 heavy (non-hydrogen) atoms. The molecule has 0 saturated carbocycles. The summed E-state index contributed by atoms with van der Waals surface area (Å²) in [5.41, 5.74) is 2.80. The topological polar surface area (TPSA) is 17.1 Å². The molecule has 0 amide bonds. The van der Waals surface area contributed by atoms with E-state index in [4.69, 9.17) is 0 Å². The zero-order valence-electron chi connectivity index (χ0n) is 14.7. The average Bonchev–Trinajstić information content (AvgIpc) is 2.53. The third-order valence-corrected chi connectivity index (χ3v) is 5.02. The first-order valence-corrected chi connectivity index (χ1v) is 9.05. The number of carbonyl (C=O) groups excluding carboxylic acids is 1. The molecule has 2 heteroatoms. The summed E-state index contributed by atoms with van der Waals surface area (Å²) in [4.78, 5) is 13.8. The van der Waals surface area contributed by atoms with Crippen LogP contribution < -0.4 is 0 Å². The molecule has 0 spiro atoms. The van der Waals surface area contributed by atoms with Crippen LogP contribution in [0.25, 0.3) is 0 Å². The Bertz CT molecular complexity index is 648. The van der Waals surface area contributed by atoms with Gasteiger partial charge in [0.2, 0.25) is 0 Å². The van der Waals surface area contributed by atoms with Gasteiger partial charge in [-0.25, -0.2) is 0 Å². The van der Waals surface area contributed by atoms with Gasteiger partial charge < -0.3 is 0 Å². The number of rotatable bonds is 5. The lowest BCUT2D eigenvalue weighted by atomic mass is 9.95. The molecule has 2 rings (SSSR count). The van der Waals surface area contributed by atoms with Gasteiger partial charge in [0.05, 0.1) is 0 Å². The van der Waals surface area contributed by atoms with Crippen LogP contribution in [0, 0.1) is 0 Å². The Morgan fingerprint density at radius 1 is 0.957 bits per heavy atom. The fourth-order valence-corrected chi connectivity index (χ4v) is 3.37. The molecule has 0 aliphatic heterocycles. The molecule has 0 aromatic heterocycles. The SMILES string of the molecule is CCC(C)c1ccc(C(=O)c2ccc(SC(C)(C)C)cc2)cc1. The summed E-state index contributed by atoms with van der Waals surface area (Å²) >= 11 is 1.81. The fourth-order valence-electron chi connectivity index (χ4n) is 2.39. The Hall–Kier alpha value is -1.54. The van der Waals surface area contributed by atoms with Crippen LogP contribution >= 0.6 is 11.8 Å². The second kappa shape index (κ2) is 7.35. The molecule has 1 nitrogen and oxygen atoms in total. The Morgan fingerprint density at radius 2 is 1.43 bits per heavy atom. The molecule has 0 fully saturated rings. The summed E-state index contributed by atoms with van der Waals surface area (Å²) in [5, 5.41) is 0. The van der Waals surface area contributed by atoms with E-state index in [2.05, 4.69) is 46.8 Å². The van der Waals surface area contributed by atoms with Gasteiger partial charge in [0.25, 0.3) is 0 Å². The molecular formula is C21H26OS. The average molecular weight is 327 g/mol. The predicted octanol–water partition coefficient (Wildman–Crippen LogP) is 6.32. The minimum absolute atomic E-state index is 0.0908. The summed E-state index contributed by atoms with van der Waals surface area (Å²) in [7, 11) is 0. The molecule has 0 heterocycles. The van der Waals surface area contributed by atoms with Crippen molar-refractivity contribution in [1.29, 1.82) is 0 Å². The van der Waals surface area contributed by atoms with E-state index in [1.807, 2.05) is 48.2 Å². The molecule has 0 N–H and O–H groups in total. The van der Waals surface area contributed by atoms with Gasteiger partial charge in [-0.2, -0.15) is 0 Å². The van der Waals surface area contributed by atoms with Crippen molar-refractivity contribution in [3.8, 4) is 0 Å². The zero-order chi connectivity index (χ0) is 17.0. The van der Waals surface area contributed by atoms with Crippen LogP contribution in [0.5, 0.6) is 0 Å².